The highest BCUT2D eigenvalue weighted by Crippen LogP contribution is 2.45. The summed E-state index contributed by atoms with van der Waals surface area (Å²) in [6.45, 7) is 0. The number of hydrogen-bond donors (Lipinski definition) is 3. The van der Waals surface area contributed by atoms with Crippen molar-refractivity contribution in [3.8, 4) is 0 Å². The number of fused-ring (bicyclic) bond motifs is 3. The zero-order chi connectivity index (χ0) is 13.6. The van der Waals surface area contributed by atoms with Gasteiger partial charge in [0.1, 0.15) is 6.04 Å². The van der Waals surface area contributed by atoms with Crippen LogP contribution in [0.3, 0.4) is 0 Å². The van der Waals surface area contributed by atoms with Gasteiger partial charge in [0.15, 0.2) is 0 Å². The monoisotopic (exact) mass is 259 g/mol. The molecule has 98 valence electrons. The van der Waals surface area contributed by atoms with Crippen LogP contribution in [0.2, 0.25) is 0 Å². The lowest BCUT2D eigenvalue weighted by atomic mass is 9.78. The summed E-state index contributed by atoms with van der Waals surface area (Å²) in [5, 5.41) is 21.4. The zero-order valence-corrected chi connectivity index (χ0v) is 10.0. The van der Waals surface area contributed by atoms with E-state index in [9.17, 15) is 19.8 Å². The van der Waals surface area contributed by atoms with Crippen molar-refractivity contribution >= 4 is 17.6 Å². The first-order valence-electron chi connectivity index (χ1n) is 6.12. The normalized spacial score (nSPS) is 27.3. The molecule has 0 aromatic heterocycles. The molecule has 0 spiro atoms. The van der Waals surface area contributed by atoms with E-state index < -0.39 is 18.0 Å². The van der Waals surface area contributed by atoms with Gasteiger partial charge >= 0.3 is 11.9 Å². The number of benzene rings is 1. The number of para-hydroxylation sites is 1. The standard InChI is InChI=1S/C14H13NO4/c16-13(17)10-6-2-4-8-7-3-1-5-9(7)12(14(18)19)15-11(8)10/h1-4,6-7,9,12,15H,5H2,(H,16,17)(H,18,19). The highest BCUT2D eigenvalue weighted by Gasteiger charge is 2.41. The Morgan fingerprint density at radius 1 is 1.26 bits per heavy atom. The summed E-state index contributed by atoms with van der Waals surface area (Å²) < 4.78 is 0. The minimum Gasteiger partial charge on any atom is -0.480 e. The van der Waals surface area contributed by atoms with Gasteiger partial charge in [-0.3, -0.25) is 0 Å². The fourth-order valence-electron chi connectivity index (χ4n) is 3.04. The number of anilines is 1. The molecule has 0 bridgehead atoms. The molecule has 1 aliphatic heterocycles. The number of aromatic carboxylic acids is 1. The molecule has 19 heavy (non-hydrogen) atoms. The van der Waals surface area contributed by atoms with Crippen LogP contribution >= 0.6 is 0 Å². The van der Waals surface area contributed by atoms with Crippen LogP contribution in [0.4, 0.5) is 5.69 Å². The fraction of sp³-hybridized carbons (Fsp3) is 0.286. The molecule has 1 aromatic rings. The number of allylic oxidation sites excluding steroid dienone is 2. The molecule has 0 radical (unpaired) electrons. The molecule has 1 aromatic carbocycles. The number of hydrogen-bond acceptors (Lipinski definition) is 3. The van der Waals surface area contributed by atoms with E-state index in [2.05, 4.69) is 5.32 Å². The van der Waals surface area contributed by atoms with Crippen molar-refractivity contribution in [1.29, 1.82) is 0 Å². The Kier molecular flexibility index (Phi) is 2.55. The van der Waals surface area contributed by atoms with Gasteiger partial charge in [0.2, 0.25) is 0 Å². The van der Waals surface area contributed by atoms with Crippen molar-refractivity contribution in [2.45, 2.75) is 18.4 Å². The Morgan fingerprint density at radius 3 is 2.74 bits per heavy atom. The summed E-state index contributed by atoms with van der Waals surface area (Å²) >= 11 is 0. The molecular formula is C14H13NO4. The van der Waals surface area contributed by atoms with Gasteiger partial charge in [-0.05, 0) is 18.1 Å². The van der Waals surface area contributed by atoms with Crippen LogP contribution in [0.25, 0.3) is 0 Å². The molecule has 1 heterocycles. The molecule has 2 aliphatic rings. The molecule has 3 N–H and O–H groups in total. The third kappa shape index (κ3) is 1.69. The van der Waals surface area contributed by atoms with Gasteiger partial charge in [-0.1, -0.05) is 24.3 Å². The predicted molar refractivity (Wildman–Crippen MR) is 68.4 cm³/mol. The van der Waals surface area contributed by atoms with Gasteiger partial charge in [0.05, 0.1) is 11.3 Å². The van der Waals surface area contributed by atoms with Crippen LogP contribution in [-0.4, -0.2) is 28.2 Å². The molecule has 5 nitrogen and oxygen atoms in total. The van der Waals surface area contributed by atoms with Gasteiger partial charge in [0.25, 0.3) is 0 Å². The van der Waals surface area contributed by atoms with Gasteiger partial charge in [0, 0.05) is 11.8 Å². The number of carbonyl (C=O) groups is 2. The van der Waals surface area contributed by atoms with E-state index in [0.717, 1.165) is 5.56 Å². The van der Waals surface area contributed by atoms with E-state index in [1.807, 2.05) is 18.2 Å². The quantitative estimate of drug-likeness (QED) is 0.706. The molecule has 0 fully saturated rings. The van der Waals surface area contributed by atoms with Crippen LogP contribution in [0, 0.1) is 5.92 Å². The lowest BCUT2D eigenvalue weighted by molar-refractivity contribution is -0.139. The summed E-state index contributed by atoms with van der Waals surface area (Å²) in [7, 11) is 0. The van der Waals surface area contributed by atoms with E-state index in [1.165, 1.54) is 6.07 Å². The number of nitrogens with one attached hydrogen (secondary N) is 1. The van der Waals surface area contributed by atoms with Gasteiger partial charge in [-0.25, -0.2) is 9.59 Å². The molecule has 3 rings (SSSR count). The molecule has 3 unspecified atom stereocenters. The second-order valence-electron chi connectivity index (χ2n) is 4.89. The molecule has 1 aliphatic carbocycles. The van der Waals surface area contributed by atoms with E-state index in [4.69, 9.17) is 0 Å². The Labute approximate surface area is 109 Å². The number of rotatable bonds is 2. The third-order valence-corrected chi connectivity index (χ3v) is 3.89. The minimum absolute atomic E-state index is 0.0170. The van der Waals surface area contributed by atoms with Crippen molar-refractivity contribution in [2.75, 3.05) is 5.32 Å². The molecule has 0 saturated carbocycles. The lowest BCUT2D eigenvalue weighted by Crippen LogP contribution is -2.42. The van der Waals surface area contributed by atoms with Crippen molar-refractivity contribution < 1.29 is 19.8 Å². The van der Waals surface area contributed by atoms with Crippen LogP contribution in [0.15, 0.2) is 30.4 Å². The highest BCUT2D eigenvalue weighted by atomic mass is 16.4. The average molecular weight is 259 g/mol. The van der Waals surface area contributed by atoms with E-state index >= 15 is 0 Å². The maximum absolute atomic E-state index is 11.4. The fourth-order valence-corrected chi connectivity index (χ4v) is 3.04. The summed E-state index contributed by atoms with van der Waals surface area (Å²) in [6, 6.07) is 4.31. The van der Waals surface area contributed by atoms with Crippen LogP contribution in [0.1, 0.15) is 28.3 Å². The predicted octanol–water partition coefficient (Wildman–Crippen LogP) is 1.92. The Balaban J connectivity index is 2.15. The first kappa shape index (κ1) is 11.8. The summed E-state index contributed by atoms with van der Waals surface area (Å²) in [6.07, 6.45) is 4.65. The van der Waals surface area contributed by atoms with Crippen LogP contribution in [-0.2, 0) is 4.79 Å². The van der Waals surface area contributed by atoms with Crippen molar-refractivity contribution in [3.63, 3.8) is 0 Å². The topological polar surface area (TPSA) is 86.6 Å². The van der Waals surface area contributed by atoms with Crippen LogP contribution < -0.4 is 5.32 Å². The molecule has 3 atom stereocenters. The van der Waals surface area contributed by atoms with E-state index in [-0.39, 0.29) is 17.4 Å². The first-order valence-corrected chi connectivity index (χ1v) is 6.12. The second-order valence-corrected chi connectivity index (χ2v) is 4.89. The zero-order valence-electron chi connectivity index (χ0n) is 10.0. The summed E-state index contributed by atoms with van der Waals surface area (Å²) in [4.78, 5) is 22.6. The second kappa shape index (κ2) is 4.12. The number of carboxylic acid groups (broad SMARTS) is 2. The summed E-state index contributed by atoms with van der Waals surface area (Å²) in [5.74, 6) is -2.05. The highest BCUT2D eigenvalue weighted by molar-refractivity contribution is 5.97. The van der Waals surface area contributed by atoms with E-state index in [1.54, 1.807) is 6.07 Å². The molecule has 0 saturated heterocycles. The SMILES string of the molecule is O=C(O)c1cccc2c1NC(C(=O)O)C1CC=CC21. The largest absolute Gasteiger partial charge is 0.480 e. The van der Waals surface area contributed by atoms with Crippen molar-refractivity contribution in [1.82, 2.24) is 0 Å². The maximum atomic E-state index is 11.4. The Morgan fingerprint density at radius 2 is 2.05 bits per heavy atom. The lowest BCUT2D eigenvalue weighted by Gasteiger charge is -2.35. The number of carboxylic acids is 2. The van der Waals surface area contributed by atoms with Crippen LogP contribution in [0.5, 0.6) is 0 Å². The van der Waals surface area contributed by atoms with E-state index in [0.29, 0.717) is 12.1 Å². The first-order chi connectivity index (χ1) is 9.09. The Hall–Kier alpha value is -2.30. The molecule has 0 amide bonds. The maximum Gasteiger partial charge on any atom is 0.337 e. The van der Waals surface area contributed by atoms with Gasteiger partial charge in [-0.15, -0.1) is 0 Å². The average Bonchev–Trinajstić information content (AvgIpc) is 2.85. The van der Waals surface area contributed by atoms with Crippen molar-refractivity contribution in [3.05, 3.63) is 41.5 Å². The minimum atomic E-state index is -1.05. The molecule has 5 heteroatoms. The smallest absolute Gasteiger partial charge is 0.337 e. The van der Waals surface area contributed by atoms with Gasteiger partial charge in [-0.2, -0.15) is 0 Å². The Bertz CT molecular complexity index is 593. The summed E-state index contributed by atoms with van der Waals surface area (Å²) in [5.41, 5.74) is 1.44. The van der Waals surface area contributed by atoms with Gasteiger partial charge < -0.3 is 15.5 Å². The third-order valence-electron chi connectivity index (χ3n) is 3.89. The van der Waals surface area contributed by atoms with Crippen molar-refractivity contribution in [2.24, 2.45) is 5.92 Å². The molecular weight excluding hydrogens is 246 g/mol. The number of aliphatic carboxylic acids is 1.